The molecular weight excluding hydrogens is 1300 g/mol. The number of aliphatic imine (C=N–C) groups is 2. The highest BCUT2D eigenvalue weighted by molar-refractivity contribution is 6.02. The molecule has 6 aromatic carbocycles. The molecule has 0 aliphatic heterocycles. The Hall–Kier alpha value is -11.8. The molecule has 4 atom stereocenters. The number of nitrogens with one attached hydrogen (secondary N) is 7. The third-order valence-electron chi connectivity index (χ3n) is 13.4. The molecule has 0 aromatic heterocycles. The second-order valence-electron chi connectivity index (χ2n) is 24.4. The number of carboxylic acids is 1. The van der Waals surface area contributed by atoms with Crippen molar-refractivity contribution in [2.45, 2.75) is 143 Å². The summed E-state index contributed by atoms with van der Waals surface area (Å²) in [7, 11) is 0. The van der Waals surface area contributed by atoms with E-state index in [1.165, 1.54) is 0 Å². The van der Waals surface area contributed by atoms with Crippen molar-refractivity contribution in [3.63, 3.8) is 0 Å². The number of amides is 9. The number of benzene rings is 6. The number of carboxylic acid groups (broad SMARTS) is 1. The van der Waals surface area contributed by atoms with Crippen molar-refractivity contribution >= 4 is 72.2 Å². The van der Waals surface area contributed by atoms with Crippen molar-refractivity contribution in [2.75, 3.05) is 13.1 Å². The first kappa shape index (κ1) is 81.6. The fourth-order valence-corrected chi connectivity index (χ4v) is 8.46. The third-order valence-corrected chi connectivity index (χ3v) is 13.4. The molecule has 0 radical (unpaired) electrons. The minimum absolute atomic E-state index is 0.00493. The summed E-state index contributed by atoms with van der Waals surface area (Å²) in [5, 5.41) is 26.4. The number of nitrogens with two attached hydrogens (primary N) is 2. The Morgan fingerprint density at radius 1 is 0.386 bits per heavy atom. The van der Waals surface area contributed by atoms with Crippen LogP contribution in [0.4, 0.5) is 28.8 Å². The third kappa shape index (κ3) is 37.5. The molecule has 9 amide bonds. The maximum absolute atomic E-state index is 13.4. The highest BCUT2D eigenvalue weighted by Crippen LogP contribution is 2.13. The number of carbonyl (C=O) groups excluding carboxylic acids is 9. The summed E-state index contributed by atoms with van der Waals surface area (Å²) in [6, 6.07) is 51.5. The van der Waals surface area contributed by atoms with Crippen LogP contribution in [0.1, 0.15) is 108 Å². The van der Waals surface area contributed by atoms with Crippen LogP contribution in [0.25, 0.3) is 0 Å². The number of carbonyl (C=O) groups is 10. The summed E-state index contributed by atoms with van der Waals surface area (Å²) in [6.45, 7) is 11.8. The Morgan fingerprint density at radius 2 is 0.673 bits per heavy atom. The van der Waals surface area contributed by atoms with Gasteiger partial charge in [-0.15, -0.1) is 0 Å². The summed E-state index contributed by atoms with van der Waals surface area (Å²) in [4.78, 5) is 131. The smallest absolute Gasteiger partial charge is 0.414 e. The maximum Gasteiger partial charge on any atom is 0.414 e. The molecule has 6 aromatic rings. The Kier molecular flexibility index (Phi) is 35.7. The lowest BCUT2D eigenvalue weighted by atomic mass is 10.0. The second-order valence-corrected chi connectivity index (χ2v) is 24.4. The normalized spacial score (nSPS) is 11.8. The standard InChI is InChI=1S/C36H44N6O8.C27H34N4O8.C10H13NO/c1-36(2,3)50-35(47)40-28(31(44)39-29(30(37)43)22-25-14-7-4-8-15-25)20-13-21-38-32(41-33(45)48-23-26-16-9-5-10-17-26)42-34(46)49-24-27-18-11-6-12-19-27;1-27(2,3)39-26(36)29-21(22(32)33)15-10-16-28-23(30-24(34)37-17-19-11-6-4-7-12-19)31-25(35)38-18-20-13-8-5-9-14-20;1-8(10(11)12)7-9-5-3-2-4-6-9/h4-12,14-19,28-29H,13,20-24H2,1-3H3,(H2,37,43)(H,39,44)(H,40,47)(H2,38,41,42,45,46);4-9,11-14,21H,10,15-18H2,1-3H3,(H,29,36)(H,32,33)(H2,28,30,31,34,35);2-6,8H,7H2,1H3,(H2,11,12)/t28-,29-;21-;8-/m000/s1. The van der Waals surface area contributed by atoms with Crippen LogP contribution in [-0.2, 0) is 86.9 Å². The van der Waals surface area contributed by atoms with E-state index in [9.17, 15) is 53.1 Å². The van der Waals surface area contributed by atoms with Crippen molar-refractivity contribution in [2.24, 2.45) is 27.4 Å². The number of rotatable bonds is 27. The van der Waals surface area contributed by atoms with E-state index in [1.54, 1.807) is 163 Å². The topological polar surface area (TPSA) is 407 Å². The number of aliphatic carboxylic acids is 1. The van der Waals surface area contributed by atoms with Crippen molar-refractivity contribution < 1.29 is 81.5 Å². The van der Waals surface area contributed by atoms with Gasteiger partial charge in [-0.2, -0.15) is 0 Å². The zero-order chi connectivity index (χ0) is 74.0. The lowest BCUT2D eigenvalue weighted by Gasteiger charge is -2.24. The predicted octanol–water partition coefficient (Wildman–Crippen LogP) is 9.39. The molecule has 0 unspecified atom stereocenters. The van der Waals surface area contributed by atoms with Gasteiger partial charge in [-0.1, -0.05) is 189 Å². The van der Waals surface area contributed by atoms with Gasteiger partial charge in [-0.05, 0) is 107 Å². The predicted molar refractivity (Wildman–Crippen MR) is 376 cm³/mol. The van der Waals surface area contributed by atoms with Crippen LogP contribution in [-0.4, -0.2) is 120 Å². The highest BCUT2D eigenvalue weighted by Gasteiger charge is 2.29. The van der Waals surface area contributed by atoms with Gasteiger partial charge in [-0.3, -0.25) is 45.6 Å². The van der Waals surface area contributed by atoms with E-state index >= 15 is 0 Å². The summed E-state index contributed by atoms with van der Waals surface area (Å²) >= 11 is 0. The minimum atomic E-state index is -1.24. The van der Waals surface area contributed by atoms with E-state index in [1.807, 2.05) is 67.6 Å². The van der Waals surface area contributed by atoms with Crippen LogP contribution in [0.3, 0.4) is 0 Å². The molecule has 12 N–H and O–H groups in total. The zero-order valence-corrected chi connectivity index (χ0v) is 57.6. The zero-order valence-electron chi connectivity index (χ0n) is 57.6. The van der Waals surface area contributed by atoms with E-state index in [2.05, 4.69) is 47.2 Å². The van der Waals surface area contributed by atoms with E-state index < -0.39 is 83.7 Å². The van der Waals surface area contributed by atoms with Crippen molar-refractivity contribution in [1.29, 1.82) is 0 Å². The SMILES string of the molecule is CC(C)(C)OC(=O)N[C@@H](CCCN=C(NC(=O)OCc1ccccc1)NC(=O)OCc1ccccc1)C(=O)N[C@@H](Cc1ccccc1)C(N)=O.CC(C)(C)OC(=O)N[C@@H](CCCN=C(NC(=O)OCc1ccccc1)NC(=O)OCc1ccccc1)C(=O)O.C[C@@H](Cc1ccccc1)C(N)=O. The minimum Gasteiger partial charge on any atom is -0.480 e. The van der Waals surface area contributed by atoms with Gasteiger partial charge in [-0.25, -0.2) is 33.6 Å². The van der Waals surface area contributed by atoms with Gasteiger partial charge < -0.3 is 60.9 Å². The summed E-state index contributed by atoms with van der Waals surface area (Å²) in [5.41, 5.74) is 14.1. The van der Waals surface area contributed by atoms with E-state index in [-0.39, 0.29) is 95.4 Å². The van der Waals surface area contributed by atoms with Crippen LogP contribution in [0, 0.1) is 5.92 Å². The molecule has 101 heavy (non-hydrogen) atoms. The van der Waals surface area contributed by atoms with Gasteiger partial charge in [0.15, 0.2) is 0 Å². The second kappa shape index (κ2) is 44.2. The van der Waals surface area contributed by atoms with E-state index in [0.717, 1.165) is 39.8 Å². The first-order valence-electron chi connectivity index (χ1n) is 32.3. The van der Waals surface area contributed by atoms with Gasteiger partial charge in [0.1, 0.15) is 55.8 Å². The number of ether oxygens (including phenoxy) is 6. The molecule has 0 aliphatic carbocycles. The molecular formula is C73H91N11O17. The molecule has 0 saturated heterocycles. The molecule has 0 saturated carbocycles. The number of alkyl carbamates (subject to hydrolysis) is 6. The van der Waals surface area contributed by atoms with Crippen LogP contribution < -0.4 is 48.7 Å². The largest absolute Gasteiger partial charge is 0.480 e. The van der Waals surface area contributed by atoms with Gasteiger partial charge >= 0.3 is 42.5 Å². The summed E-state index contributed by atoms with van der Waals surface area (Å²) < 4.78 is 31.3. The lowest BCUT2D eigenvalue weighted by Crippen LogP contribution is -2.54. The average molecular weight is 1390 g/mol. The molecule has 0 aliphatic rings. The molecule has 540 valence electrons. The Labute approximate surface area is 587 Å². The average Bonchev–Trinajstić information content (AvgIpc) is 1.28. The number of primary amides is 2. The fourth-order valence-electron chi connectivity index (χ4n) is 8.46. The summed E-state index contributed by atoms with van der Waals surface area (Å²) in [6.07, 6.45) is -3.88. The van der Waals surface area contributed by atoms with Gasteiger partial charge in [0.2, 0.25) is 29.6 Å². The van der Waals surface area contributed by atoms with Crippen LogP contribution in [0.5, 0.6) is 0 Å². The van der Waals surface area contributed by atoms with Crippen LogP contribution >= 0.6 is 0 Å². The molecule has 28 heteroatoms. The Morgan fingerprint density at radius 3 is 0.960 bits per heavy atom. The molecule has 0 spiro atoms. The lowest BCUT2D eigenvalue weighted by molar-refractivity contribution is -0.139. The molecule has 0 bridgehead atoms. The van der Waals surface area contributed by atoms with Crippen molar-refractivity contribution in [1.82, 2.24) is 37.2 Å². The van der Waals surface area contributed by atoms with Gasteiger partial charge in [0, 0.05) is 25.4 Å². The van der Waals surface area contributed by atoms with Gasteiger partial charge in [0.05, 0.1) is 0 Å². The first-order valence-corrected chi connectivity index (χ1v) is 32.3. The molecule has 28 nitrogen and oxygen atoms in total. The molecule has 0 fully saturated rings. The maximum atomic E-state index is 13.4. The Bertz CT molecular complexity index is 3500. The molecule has 6 rings (SSSR count). The monoisotopic (exact) mass is 1390 g/mol. The number of nitrogens with zero attached hydrogens (tertiary/aromatic N) is 2. The Balaban J connectivity index is 0.000000374. The molecule has 0 heterocycles. The summed E-state index contributed by atoms with van der Waals surface area (Å²) in [5.74, 6) is -3.45. The number of hydrogen-bond donors (Lipinski definition) is 10. The highest BCUT2D eigenvalue weighted by atomic mass is 16.6. The quantitative estimate of drug-likeness (QED) is 0.00993. The fraction of sp³-hybridized carbons (Fsp3) is 0.342. The van der Waals surface area contributed by atoms with E-state index in [4.69, 9.17) is 39.9 Å². The number of hydrogen-bond acceptors (Lipinski definition) is 18. The van der Waals surface area contributed by atoms with Crippen molar-refractivity contribution in [3.8, 4) is 0 Å². The number of guanidine groups is 2. The first-order chi connectivity index (χ1) is 48.1. The van der Waals surface area contributed by atoms with Crippen LogP contribution in [0.15, 0.2) is 192 Å². The van der Waals surface area contributed by atoms with Crippen LogP contribution in [0.2, 0.25) is 0 Å². The van der Waals surface area contributed by atoms with Crippen molar-refractivity contribution in [3.05, 3.63) is 215 Å². The van der Waals surface area contributed by atoms with Gasteiger partial charge in [0.25, 0.3) is 0 Å². The van der Waals surface area contributed by atoms with E-state index in [0.29, 0.717) is 0 Å².